The van der Waals surface area contributed by atoms with E-state index in [0.29, 0.717) is 22.0 Å². The molecule has 0 aliphatic heterocycles. The number of anilines is 1. The van der Waals surface area contributed by atoms with Crippen molar-refractivity contribution in [3.63, 3.8) is 0 Å². The number of rotatable bonds is 4. The monoisotopic (exact) mass is 307 g/mol. The minimum Gasteiger partial charge on any atom is -0.469 e. The summed E-state index contributed by atoms with van der Waals surface area (Å²) in [7, 11) is 0. The fraction of sp³-hybridized carbons (Fsp3) is 0.200. The van der Waals surface area contributed by atoms with Gasteiger partial charge in [-0.1, -0.05) is 11.6 Å². The molecule has 2 rings (SSSR count). The molecule has 21 heavy (non-hydrogen) atoms. The molecule has 2 aromatic rings. The molecule has 110 valence electrons. The highest BCUT2D eigenvalue weighted by Crippen LogP contribution is 2.15. The predicted molar refractivity (Wildman–Crippen MR) is 78.4 cm³/mol. The molecule has 0 aliphatic carbocycles. The summed E-state index contributed by atoms with van der Waals surface area (Å²) in [6.07, 6.45) is 0.465. The first-order valence-electron chi connectivity index (χ1n) is 6.29. The van der Waals surface area contributed by atoms with Gasteiger partial charge in [0.25, 0.3) is 5.91 Å². The Balaban J connectivity index is 1.95. The van der Waals surface area contributed by atoms with Gasteiger partial charge in [0.15, 0.2) is 6.10 Å². The van der Waals surface area contributed by atoms with E-state index >= 15 is 0 Å². The fourth-order valence-electron chi connectivity index (χ4n) is 1.65. The van der Waals surface area contributed by atoms with E-state index in [-0.39, 0.29) is 0 Å². The zero-order valence-corrected chi connectivity index (χ0v) is 12.3. The maximum atomic E-state index is 11.9. The van der Waals surface area contributed by atoms with Gasteiger partial charge in [-0.05, 0) is 44.2 Å². The Morgan fingerprint density at radius 2 is 1.90 bits per heavy atom. The molecule has 1 unspecified atom stereocenters. The summed E-state index contributed by atoms with van der Waals surface area (Å²) in [6.45, 7) is 3.15. The highest BCUT2D eigenvalue weighted by molar-refractivity contribution is 6.30. The molecular weight excluding hydrogens is 294 g/mol. The molecule has 0 saturated carbocycles. The van der Waals surface area contributed by atoms with Gasteiger partial charge in [-0.3, -0.25) is 4.79 Å². The normalized spacial score (nSPS) is 11.8. The number of hydrogen-bond acceptors (Lipinski definition) is 4. The predicted octanol–water partition coefficient (Wildman–Crippen LogP) is 3.43. The van der Waals surface area contributed by atoms with Crippen LogP contribution in [0.4, 0.5) is 5.69 Å². The van der Waals surface area contributed by atoms with E-state index in [1.807, 2.05) is 0 Å². The van der Waals surface area contributed by atoms with Crippen LogP contribution in [-0.2, 0) is 9.53 Å². The molecule has 1 heterocycles. The Kier molecular flexibility index (Phi) is 4.65. The van der Waals surface area contributed by atoms with Crippen LogP contribution in [0.3, 0.4) is 0 Å². The molecule has 0 aliphatic rings. The molecule has 0 spiro atoms. The molecule has 0 saturated heterocycles. The van der Waals surface area contributed by atoms with Crippen molar-refractivity contribution in [2.45, 2.75) is 20.0 Å². The van der Waals surface area contributed by atoms with Crippen molar-refractivity contribution in [3.8, 4) is 0 Å². The average molecular weight is 308 g/mol. The number of carbonyl (C=O) groups is 2. The average Bonchev–Trinajstić information content (AvgIpc) is 2.87. The van der Waals surface area contributed by atoms with E-state index in [4.69, 9.17) is 20.8 Å². The van der Waals surface area contributed by atoms with Crippen molar-refractivity contribution in [1.29, 1.82) is 0 Å². The van der Waals surface area contributed by atoms with Crippen LogP contribution < -0.4 is 5.32 Å². The lowest BCUT2D eigenvalue weighted by molar-refractivity contribution is -0.123. The second-order valence-corrected chi connectivity index (χ2v) is 4.87. The molecule has 1 aromatic carbocycles. The Morgan fingerprint density at radius 1 is 1.24 bits per heavy atom. The van der Waals surface area contributed by atoms with Crippen LogP contribution in [0.1, 0.15) is 23.0 Å². The Morgan fingerprint density at radius 3 is 2.48 bits per heavy atom. The third-order valence-corrected chi connectivity index (χ3v) is 3.10. The third-order valence-electron chi connectivity index (χ3n) is 2.84. The van der Waals surface area contributed by atoms with E-state index in [1.54, 1.807) is 31.2 Å². The summed E-state index contributed by atoms with van der Waals surface area (Å²) in [4.78, 5) is 23.8. The van der Waals surface area contributed by atoms with Crippen molar-refractivity contribution in [2.24, 2.45) is 0 Å². The molecule has 1 aromatic heterocycles. The number of esters is 1. The first kappa shape index (κ1) is 15.1. The summed E-state index contributed by atoms with van der Waals surface area (Å²) >= 11 is 5.76. The van der Waals surface area contributed by atoms with Gasteiger partial charge in [0.1, 0.15) is 11.3 Å². The number of ether oxygens (including phenoxy) is 1. The number of halogens is 1. The summed E-state index contributed by atoms with van der Waals surface area (Å²) in [5.41, 5.74) is 0.882. The summed E-state index contributed by atoms with van der Waals surface area (Å²) in [5, 5.41) is 3.21. The summed E-state index contributed by atoms with van der Waals surface area (Å²) in [6, 6.07) is 8.14. The molecule has 6 heteroatoms. The number of amides is 1. The van der Waals surface area contributed by atoms with E-state index in [9.17, 15) is 9.59 Å². The lowest BCUT2D eigenvalue weighted by Gasteiger charge is -2.13. The summed E-state index contributed by atoms with van der Waals surface area (Å²) in [5.74, 6) is -0.572. The van der Waals surface area contributed by atoms with Crippen molar-refractivity contribution >= 4 is 29.2 Å². The highest BCUT2D eigenvalue weighted by atomic mass is 35.5. The number of aryl methyl sites for hydroxylation is 1. The van der Waals surface area contributed by atoms with Crippen LogP contribution in [0, 0.1) is 6.92 Å². The van der Waals surface area contributed by atoms with Crippen molar-refractivity contribution in [1.82, 2.24) is 0 Å². The zero-order chi connectivity index (χ0) is 15.4. The maximum absolute atomic E-state index is 11.9. The molecule has 0 bridgehead atoms. The molecule has 0 fully saturated rings. The van der Waals surface area contributed by atoms with Crippen molar-refractivity contribution in [3.05, 3.63) is 52.9 Å². The molecule has 1 atom stereocenters. The SMILES string of the molecule is Cc1occc1C(=O)OC(C)C(=O)Nc1ccc(Cl)cc1. The molecule has 1 amide bonds. The first-order chi connectivity index (χ1) is 9.97. The van der Waals surface area contributed by atoms with Crippen molar-refractivity contribution in [2.75, 3.05) is 5.32 Å². The molecule has 0 radical (unpaired) electrons. The lowest BCUT2D eigenvalue weighted by atomic mass is 10.2. The zero-order valence-electron chi connectivity index (χ0n) is 11.6. The van der Waals surface area contributed by atoms with Crippen molar-refractivity contribution < 1.29 is 18.7 Å². The van der Waals surface area contributed by atoms with E-state index in [0.717, 1.165) is 0 Å². The van der Waals surface area contributed by atoms with Crippen LogP contribution in [-0.4, -0.2) is 18.0 Å². The summed E-state index contributed by atoms with van der Waals surface area (Å²) < 4.78 is 10.1. The molecule has 1 N–H and O–H groups in total. The lowest BCUT2D eigenvalue weighted by Crippen LogP contribution is -2.30. The molecular formula is C15H14ClNO4. The molecule has 5 nitrogen and oxygen atoms in total. The standard InChI is InChI=1S/C15H14ClNO4/c1-9-13(7-8-20-9)15(19)21-10(2)14(18)17-12-5-3-11(16)4-6-12/h3-8,10H,1-2H3,(H,17,18). The number of benzene rings is 1. The number of carbonyl (C=O) groups excluding carboxylic acids is 2. The van der Waals surface area contributed by atoms with Crippen LogP contribution in [0.5, 0.6) is 0 Å². The number of nitrogens with one attached hydrogen (secondary N) is 1. The fourth-order valence-corrected chi connectivity index (χ4v) is 1.78. The Bertz CT molecular complexity index is 648. The van der Waals surface area contributed by atoms with Gasteiger partial charge in [-0.25, -0.2) is 4.79 Å². The van der Waals surface area contributed by atoms with Crippen LogP contribution >= 0.6 is 11.6 Å². The third kappa shape index (κ3) is 3.86. The second-order valence-electron chi connectivity index (χ2n) is 4.43. The first-order valence-corrected chi connectivity index (χ1v) is 6.66. The topological polar surface area (TPSA) is 68.5 Å². The van der Waals surface area contributed by atoms with Crippen LogP contribution in [0.2, 0.25) is 5.02 Å². The van der Waals surface area contributed by atoms with E-state index < -0.39 is 18.0 Å². The Labute approximate surface area is 126 Å². The van der Waals surface area contributed by atoms with Gasteiger partial charge < -0.3 is 14.5 Å². The van der Waals surface area contributed by atoms with Gasteiger partial charge in [0, 0.05) is 10.7 Å². The minimum absolute atomic E-state index is 0.307. The van der Waals surface area contributed by atoms with Gasteiger partial charge in [-0.15, -0.1) is 0 Å². The van der Waals surface area contributed by atoms with Gasteiger partial charge in [0.2, 0.25) is 0 Å². The quantitative estimate of drug-likeness (QED) is 0.879. The van der Waals surface area contributed by atoms with Gasteiger partial charge in [-0.2, -0.15) is 0 Å². The number of furan rings is 1. The minimum atomic E-state index is -0.928. The van der Waals surface area contributed by atoms with Crippen LogP contribution in [0.15, 0.2) is 41.0 Å². The van der Waals surface area contributed by atoms with Gasteiger partial charge in [0.05, 0.1) is 6.26 Å². The van der Waals surface area contributed by atoms with Gasteiger partial charge >= 0.3 is 5.97 Å². The van der Waals surface area contributed by atoms with Crippen LogP contribution in [0.25, 0.3) is 0 Å². The highest BCUT2D eigenvalue weighted by Gasteiger charge is 2.21. The largest absolute Gasteiger partial charge is 0.469 e. The number of hydrogen-bond donors (Lipinski definition) is 1. The smallest absolute Gasteiger partial charge is 0.342 e. The Hall–Kier alpha value is -2.27. The van der Waals surface area contributed by atoms with E-state index in [1.165, 1.54) is 19.3 Å². The second kappa shape index (κ2) is 6.45. The van der Waals surface area contributed by atoms with E-state index in [2.05, 4.69) is 5.32 Å². The maximum Gasteiger partial charge on any atom is 0.342 e.